The van der Waals surface area contributed by atoms with E-state index in [0.717, 1.165) is 22.0 Å². The second-order valence-electron chi connectivity index (χ2n) is 5.45. The van der Waals surface area contributed by atoms with Crippen LogP contribution in [0.1, 0.15) is 28.1 Å². The molecule has 108 valence electrons. The Hall–Kier alpha value is -1.39. The second-order valence-corrected chi connectivity index (χ2v) is 6.74. The van der Waals surface area contributed by atoms with Gasteiger partial charge < -0.3 is 9.84 Å². The molecule has 1 N–H and O–H groups in total. The summed E-state index contributed by atoms with van der Waals surface area (Å²) >= 11 is 1.67. The number of thiazole rings is 1. The number of aryl methyl sites for hydroxylation is 2. The largest absolute Gasteiger partial charge is 0.497 e. The molecule has 0 saturated heterocycles. The van der Waals surface area contributed by atoms with E-state index in [1.807, 2.05) is 38.1 Å². The quantitative estimate of drug-likeness (QED) is 0.919. The van der Waals surface area contributed by atoms with Gasteiger partial charge in [-0.2, -0.15) is 0 Å². The van der Waals surface area contributed by atoms with Gasteiger partial charge in [0.15, 0.2) is 0 Å². The zero-order valence-corrected chi connectivity index (χ0v) is 13.3. The number of ether oxygens (including phenoxy) is 1. The van der Waals surface area contributed by atoms with Gasteiger partial charge in [-0.15, -0.1) is 11.3 Å². The van der Waals surface area contributed by atoms with Gasteiger partial charge in [0, 0.05) is 17.7 Å². The maximum absolute atomic E-state index is 10.6. The van der Waals surface area contributed by atoms with Crippen LogP contribution in [0.3, 0.4) is 0 Å². The molecule has 2 aromatic rings. The van der Waals surface area contributed by atoms with Gasteiger partial charge in [-0.25, -0.2) is 4.98 Å². The second kappa shape index (κ2) is 5.94. The maximum atomic E-state index is 10.6. The highest BCUT2D eigenvalue weighted by molar-refractivity contribution is 7.11. The third kappa shape index (κ3) is 3.81. The van der Waals surface area contributed by atoms with Crippen molar-refractivity contribution in [3.05, 3.63) is 45.4 Å². The molecule has 0 spiro atoms. The number of rotatable bonds is 5. The van der Waals surface area contributed by atoms with Crippen molar-refractivity contribution in [2.75, 3.05) is 7.11 Å². The van der Waals surface area contributed by atoms with Crippen molar-refractivity contribution in [1.29, 1.82) is 0 Å². The first-order chi connectivity index (χ1) is 9.39. The number of nitrogens with zero attached hydrogens (tertiary/aromatic N) is 1. The molecular weight excluding hydrogens is 270 g/mol. The lowest BCUT2D eigenvalue weighted by Crippen LogP contribution is -2.30. The standard InChI is InChI=1S/C16H21NO2S/c1-11-12(2)20-15(17-11)10-16(3,18)9-13-5-7-14(19-4)8-6-13/h5-8,18H,9-10H2,1-4H3. The first-order valence-corrected chi connectivity index (χ1v) is 7.49. The number of aromatic nitrogens is 1. The van der Waals surface area contributed by atoms with Crippen molar-refractivity contribution in [3.8, 4) is 5.75 Å². The van der Waals surface area contributed by atoms with Crippen LogP contribution in [0.2, 0.25) is 0 Å². The van der Waals surface area contributed by atoms with Crippen LogP contribution in [-0.4, -0.2) is 22.8 Å². The molecule has 0 aliphatic carbocycles. The van der Waals surface area contributed by atoms with E-state index in [9.17, 15) is 5.11 Å². The number of aliphatic hydroxyl groups is 1. The highest BCUT2D eigenvalue weighted by Gasteiger charge is 2.23. The van der Waals surface area contributed by atoms with E-state index in [1.54, 1.807) is 18.4 Å². The molecule has 1 heterocycles. The molecule has 0 amide bonds. The summed E-state index contributed by atoms with van der Waals surface area (Å²) in [6, 6.07) is 7.82. The van der Waals surface area contributed by atoms with E-state index in [1.165, 1.54) is 4.88 Å². The molecule has 4 heteroatoms. The SMILES string of the molecule is COc1ccc(CC(C)(O)Cc2nc(C)c(C)s2)cc1. The summed E-state index contributed by atoms with van der Waals surface area (Å²) in [5, 5.41) is 11.6. The Labute approximate surface area is 124 Å². The molecule has 1 aromatic heterocycles. The maximum Gasteiger partial charge on any atom is 0.118 e. The summed E-state index contributed by atoms with van der Waals surface area (Å²) < 4.78 is 5.14. The minimum atomic E-state index is -0.786. The third-order valence-electron chi connectivity index (χ3n) is 3.35. The van der Waals surface area contributed by atoms with Crippen molar-refractivity contribution in [2.45, 2.75) is 39.2 Å². The molecule has 0 bridgehead atoms. The summed E-state index contributed by atoms with van der Waals surface area (Å²) in [6.45, 7) is 5.94. The van der Waals surface area contributed by atoms with Gasteiger partial charge in [-0.05, 0) is 38.5 Å². The highest BCUT2D eigenvalue weighted by atomic mass is 32.1. The van der Waals surface area contributed by atoms with Crippen molar-refractivity contribution in [3.63, 3.8) is 0 Å². The Kier molecular flexibility index (Phi) is 4.45. The fourth-order valence-electron chi connectivity index (χ4n) is 2.19. The van der Waals surface area contributed by atoms with Crippen LogP contribution >= 0.6 is 11.3 Å². The smallest absolute Gasteiger partial charge is 0.118 e. The molecule has 0 aliphatic rings. The first-order valence-electron chi connectivity index (χ1n) is 6.68. The first kappa shape index (κ1) is 15.0. The predicted molar refractivity (Wildman–Crippen MR) is 82.6 cm³/mol. The van der Waals surface area contributed by atoms with Crippen molar-refractivity contribution in [2.24, 2.45) is 0 Å². The molecule has 1 atom stereocenters. The lowest BCUT2D eigenvalue weighted by molar-refractivity contribution is 0.0607. The lowest BCUT2D eigenvalue weighted by atomic mass is 9.93. The molecule has 0 radical (unpaired) electrons. The molecule has 0 aliphatic heterocycles. The van der Waals surface area contributed by atoms with Crippen molar-refractivity contribution >= 4 is 11.3 Å². The predicted octanol–water partition coefficient (Wildman–Crippen LogP) is 3.30. The van der Waals surface area contributed by atoms with Crippen LogP contribution in [-0.2, 0) is 12.8 Å². The van der Waals surface area contributed by atoms with Gasteiger partial charge in [0.25, 0.3) is 0 Å². The highest BCUT2D eigenvalue weighted by Crippen LogP contribution is 2.24. The number of methoxy groups -OCH3 is 1. The van der Waals surface area contributed by atoms with Gasteiger partial charge in [0.05, 0.1) is 23.4 Å². The van der Waals surface area contributed by atoms with Crippen molar-refractivity contribution < 1.29 is 9.84 Å². The minimum Gasteiger partial charge on any atom is -0.497 e. The van der Waals surface area contributed by atoms with Crippen LogP contribution in [0.4, 0.5) is 0 Å². The normalized spacial score (nSPS) is 14.1. The molecule has 3 nitrogen and oxygen atoms in total. The fourth-order valence-corrected chi connectivity index (χ4v) is 3.30. The van der Waals surface area contributed by atoms with Crippen LogP contribution in [0.15, 0.2) is 24.3 Å². The van der Waals surface area contributed by atoms with Crippen LogP contribution in [0, 0.1) is 13.8 Å². The molecular formula is C16H21NO2S. The summed E-state index contributed by atoms with van der Waals surface area (Å²) in [7, 11) is 1.65. The summed E-state index contributed by atoms with van der Waals surface area (Å²) in [5.74, 6) is 0.833. The van der Waals surface area contributed by atoms with Gasteiger partial charge >= 0.3 is 0 Å². The Bertz CT molecular complexity index is 553. The Morgan fingerprint density at radius 2 is 1.85 bits per heavy atom. The average molecular weight is 291 g/mol. The monoisotopic (exact) mass is 291 g/mol. The number of hydrogen-bond donors (Lipinski definition) is 1. The third-order valence-corrected chi connectivity index (χ3v) is 4.42. The fraction of sp³-hybridized carbons (Fsp3) is 0.438. The van der Waals surface area contributed by atoms with E-state index < -0.39 is 5.60 Å². The average Bonchev–Trinajstić information content (AvgIpc) is 2.67. The molecule has 0 saturated carbocycles. The van der Waals surface area contributed by atoms with Crippen LogP contribution in [0.25, 0.3) is 0 Å². The lowest BCUT2D eigenvalue weighted by Gasteiger charge is -2.22. The van der Waals surface area contributed by atoms with Gasteiger partial charge in [0.2, 0.25) is 0 Å². The van der Waals surface area contributed by atoms with Crippen LogP contribution in [0.5, 0.6) is 5.75 Å². The zero-order valence-electron chi connectivity index (χ0n) is 12.4. The van der Waals surface area contributed by atoms with Crippen molar-refractivity contribution in [1.82, 2.24) is 4.98 Å². The molecule has 1 unspecified atom stereocenters. The Morgan fingerprint density at radius 1 is 1.20 bits per heavy atom. The summed E-state index contributed by atoms with van der Waals surface area (Å²) in [5.41, 5.74) is 1.37. The minimum absolute atomic E-state index is 0.582. The summed E-state index contributed by atoms with van der Waals surface area (Å²) in [4.78, 5) is 5.73. The molecule has 2 rings (SSSR count). The van der Waals surface area contributed by atoms with E-state index in [4.69, 9.17) is 4.74 Å². The number of hydrogen-bond acceptors (Lipinski definition) is 4. The molecule has 20 heavy (non-hydrogen) atoms. The van der Waals surface area contributed by atoms with E-state index in [-0.39, 0.29) is 0 Å². The Morgan fingerprint density at radius 3 is 2.35 bits per heavy atom. The summed E-state index contributed by atoms with van der Waals surface area (Å²) in [6.07, 6.45) is 1.19. The van der Waals surface area contributed by atoms with E-state index >= 15 is 0 Å². The zero-order chi connectivity index (χ0) is 14.8. The van der Waals surface area contributed by atoms with Gasteiger partial charge in [0.1, 0.15) is 5.75 Å². The topological polar surface area (TPSA) is 42.4 Å². The van der Waals surface area contributed by atoms with E-state index in [0.29, 0.717) is 12.8 Å². The van der Waals surface area contributed by atoms with Gasteiger partial charge in [-0.1, -0.05) is 12.1 Å². The van der Waals surface area contributed by atoms with E-state index in [2.05, 4.69) is 11.9 Å². The Balaban J connectivity index is 2.05. The molecule has 0 fully saturated rings. The van der Waals surface area contributed by atoms with Crippen LogP contribution < -0.4 is 4.74 Å². The number of benzene rings is 1. The van der Waals surface area contributed by atoms with Gasteiger partial charge in [-0.3, -0.25) is 0 Å². The molecule has 1 aromatic carbocycles.